The molecule has 0 amide bonds. The lowest BCUT2D eigenvalue weighted by atomic mass is 10.0. The van der Waals surface area contributed by atoms with Crippen LogP contribution in [0.3, 0.4) is 0 Å². The first-order valence-electron chi connectivity index (χ1n) is 21.8. The fraction of sp³-hybridized carbons (Fsp3) is 0.977. The normalized spacial score (nSPS) is 11.3. The Morgan fingerprint density at radius 3 is 0.812 bits per heavy atom. The van der Waals surface area contributed by atoms with Gasteiger partial charge in [-0.3, -0.25) is 9.69 Å². The van der Waals surface area contributed by atoms with Crippen LogP contribution in [-0.2, 0) is 4.79 Å². The van der Waals surface area contributed by atoms with Gasteiger partial charge in [0.05, 0.1) is 13.2 Å². The van der Waals surface area contributed by atoms with Gasteiger partial charge in [0, 0.05) is 19.5 Å². The molecule has 0 spiro atoms. The molecule has 0 bridgehead atoms. The lowest BCUT2D eigenvalue weighted by Gasteiger charge is -2.19. The maximum Gasteiger partial charge on any atom is 0.303 e. The first kappa shape index (κ1) is 49.5. The van der Waals surface area contributed by atoms with Crippen LogP contribution in [0.25, 0.3) is 0 Å². The number of aliphatic hydroxyl groups excluding tert-OH is 2. The monoisotopic (exact) mass is 684 g/mol. The van der Waals surface area contributed by atoms with Crippen molar-refractivity contribution in [3.63, 3.8) is 0 Å². The number of rotatable bonds is 40. The zero-order valence-corrected chi connectivity index (χ0v) is 33.0. The molecule has 0 aliphatic rings. The van der Waals surface area contributed by atoms with E-state index in [2.05, 4.69) is 18.7 Å². The molecule has 48 heavy (non-hydrogen) atoms. The van der Waals surface area contributed by atoms with Gasteiger partial charge in [-0.05, 0) is 19.4 Å². The molecule has 0 saturated carbocycles. The topological polar surface area (TPSA) is 81.0 Å². The zero-order valence-electron chi connectivity index (χ0n) is 33.0. The van der Waals surface area contributed by atoms with Gasteiger partial charge in [0.25, 0.3) is 0 Å². The first-order valence-corrected chi connectivity index (χ1v) is 21.8. The van der Waals surface area contributed by atoms with Crippen LogP contribution < -0.4 is 0 Å². The van der Waals surface area contributed by atoms with E-state index in [0.717, 1.165) is 19.4 Å². The average Bonchev–Trinajstić information content (AvgIpc) is 3.08. The molecule has 0 heterocycles. The quantitative estimate of drug-likeness (QED) is 0.0560. The summed E-state index contributed by atoms with van der Waals surface area (Å²) in [5.74, 6) is -0.650. The highest BCUT2D eigenvalue weighted by molar-refractivity contribution is 5.66. The Hall–Kier alpha value is -0.650. The number of nitrogens with zero attached hydrogens (tertiary/aromatic N) is 1. The number of hydrogen-bond acceptors (Lipinski definition) is 4. The highest BCUT2D eigenvalue weighted by Gasteiger charge is 2.03. The highest BCUT2D eigenvalue weighted by Crippen LogP contribution is 2.16. The van der Waals surface area contributed by atoms with E-state index in [1.54, 1.807) is 0 Å². The van der Waals surface area contributed by atoms with Gasteiger partial charge in [0.1, 0.15) is 0 Å². The Bertz CT molecular complexity index is 567. The number of aliphatic hydroxyl groups is 2. The average molecular weight is 684 g/mol. The molecule has 0 aliphatic carbocycles. The van der Waals surface area contributed by atoms with E-state index in [1.807, 2.05) is 0 Å². The molecule has 5 nitrogen and oxygen atoms in total. The zero-order chi connectivity index (χ0) is 35.4. The highest BCUT2D eigenvalue weighted by atomic mass is 16.4. The summed E-state index contributed by atoms with van der Waals surface area (Å²) < 4.78 is 0. The molecule has 3 N–H and O–H groups in total. The van der Waals surface area contributed by atoms with E-state index in [9.17, 15) is 4.79 Å². The van der Waals surface area contributed by atoms with Gasteiger partial charge in [-0.1, -0.05) is 219 Å². The Morgan fingerprint density at radius 2 is 0.583 bits per heavy atom. The van der Waals surface area contributed by atoms with Crippen LogP contribution >= 0.6 is 0 Å². The molecule has 0 aliphatic heterocycles. The Kier molecular flexibility index (Phi) is 47.8. The summed E-state index contributed by atoms with van der Waals surface area (Å²) in [6.45, 7) is 7.35. The van der Waals surface area contributed by atoms with Crippen molar-refractivity contribution in [2.75, 3.05) is 32.8 Å². The Morgan fingerprint density at radius 1 is 0.354 bits per heavy atom. The lowest BCUT2D eigenvalue weighted by Crippen LogP contribution is -2.30. The third-order valence-electron chi connectivity index (χ3n) is 9.90. The molecule has 0 rings (SSSR count). The van der Waals surface area contributed by atoms with Crippen molar-refractivity contribution in [2.45, 2.75) is 239 Å². The summed E-state index contributed by atoms with van der Waals surface area (Å²) >= 11 is 0. The standard InChI is InChI=1S/C24H48O2.C19H41NO2/c1-2-3-4-5-6-7-8-9-10-11-12-13-14-15-16-17-18-19-20-21-22-23-24(25)26;1-2-3-4-5-6-7-8-9-10-11-12-13-14-15-20(16-18-21)17-19-22/h2-23H2,1H3,(H,25,26);21-22H,2-19H2,1H3. The van der Waals surface area contributed by atoms with Gasteiger partial charge in [0.2, 0.25) is 0 Å². The van der Waals surface area contributed by atoms with Crippen molar-refractivity contribution in [1.82, 2.24) is 4.90 Å². The maximum absolute atomic E-state index is 10.4. The van der Waals surface area contributed by atoms with Gasteiger partial charge < -0.3 is 15.3 Å². The van der Waals surface area contributed by atoms with E-state index in [1.165, 1.54) is 205 Å². The number of aliphatic carboxylic acids is 1. The smallest absolute Gasteiger partial charge is 0.303 e. The predicted octanol–water partition coefficient (Wildman–Crippen LogP) is 13.0. The second-order valence-corrected chi connectivity index (χ2v) is 14.7. The number of carboxylic acid groups (broad SMARTS) is 1. The summed E-state index contributed by atoms with van der Waals surface area (Å²) in [5, 5.41) is 26.5. The van der Waals surface area contributed by atoms with E-state index in [-0.39, 0.29) is 13.2 Å². The van der Waals surface area contributed by atoms with Crippen molar-refractivity contribution in [2.24, 2.45) is 0 Å². The molecule has 0 atom stereocenters. The van der Waals surface area contributed by atoms with Crippen LogP contribution in [0.5, 0.6) is 0 Å². The lowest BCUT2D eigenvalue weighted by molar-refractivity contribution is -0.137. The van der Waals surface area contributed by atoms with Crippen LogP contribution in [-0.4, -0.2) is 59.0 Å². The minimum absolute atomic E-state index is 0.193. The number of hydrogen-bond donors (Lipinski definition) is 3. The molecule has 0 fully saturated rings. The Labute approximate surface area is 301 Å². The molecule has 0 unspecified atom stereocenters. The Balaban J connectivity index is 0. The van der Waals surface area contributed by atoms with Crippen molar-refractivity contribution in [3.05, 3.63) is 0 Å². The van der Waals surface area contributed by atoms with Gasteiger partial charge in [-0.15, -0.1) is 0 Å². The summed E-state index contributed by atoms with van der Waals surface area (Å²) in [5.41, 5.74) is 0. The largest absolute Gasteiger partial charge is 0.481 e. The van der Waals surface area contributed by atoms with Crippen LogP contribution in [0.15, 0.2) is 0 Å². The molecule has 0 saturated heterocycles. The molecule has 0 aromatic carbocycles. The SMILES string of the molecule is CCCCCCCCCCCCCCCCCCCCCCCC(=O)O.CCCCCCCCCCCCCCCN(CCO)CCO. The maximum atomic E-state index is 10.4. The predicted molar refractivity (Wildman–Crippen MR) is 211 cm³/mol. The van der Waals surface area contributed by atoms with E-state index in [0.29, 0.717) is 19.5 Å². The first-order chi connectivity index (χ1) is 23.6. The van der Waals surface area contributed by atoms with E-state index in [4.69, 9.17) is 15.3 Å². The number of unbranched alkanes of at least 4 members (excludes halogenated alkanes) is 32. The third-order valence-corrected chi connectivity index (χ3v) is 9.90. The molecule has 0 aromatic rings. The summed E-state index contributed by atoms with van der Waals surface area (Å²) in [6, 6.07) is 0. The minimum atomic E-state index is -0.650. The van der Waals surface area contributed by atoms with Crippen LogP contribution in [0.2, 0.25) is 0 Å². The van der Waals surface area contributed by atoms with Crippen LogP contribution in [0, 0.1) is 0 Å². The third kappa shape index (κ3) is 47.5. The minimum Gasteiger partial charge on any atom is -0.481 e. The van der Waals surface area contributed by atoms with Gasteiger partial charge in [0.15, 0.2) is 0 Å². The molecular weight excluding hydrogens is 594 g/mol. The van der Waals surface area contributed by atoms with Gasteiger partial charge >= 0.3 is 5.97 Å². The van der Waals surface area contributed by atoms with Crippen LogP contribution in [0.4, 0.5) is 0 Å². The van der Waals surface area contributed by atoms with Crippen molar-refractivity contribution in [1.29, 1.82) is 0 Å². The van der Waals surface area contributed by atoms with E-state index < -0.39 is 5.97 Å². The van der Waals surface area contributed by atoms with Crippen molar-refractivity contribution in [3.8, 4) is 0 Å². The van der Waals surface area contributed by atoms with Crippen molar-refractivity contribution < 1.29 is 20.1 Å². The van der Waals surface area contributed by atoms with Crippen molar-refractivity contribution >= 4 is 5.97 Å². The summed E-state index contributed by atoms with van der Waals surface area (Å²) in [4.78, 5) is 12.6. The molecule has 5 heteroatoms. The summed E-state index contributed by atoms with van der Waals surface area (Å²) in [6.07, 6.45) is 47.0. The fourth-order valence-electron chi connectivity index (χ4n) is 6.68. The van der Waals surface area contributed by atoms with Crippen LogP contribution in [0.1, 0.15) is 239 Å². The summed E-state index contributed by atoms with van der Waals surface area (Å²) in [7, 11) is 0. The molecule has 0 aromatic heterocycles. The van der Waals surface area contributed by atoms with Gasteiger partial charge in [-0.2, -0.15) is 0 Å². The van der Waals surface area contributed by atoms with Gasteiger partial charge in [-0.25, -0.2) is 0 Å². The molecule has 290 valence electrons. The molecule has 0 radical (unpaired) electrons. The second-order valence-electron chi connectivity index (χ2n) is 14.7. The fourth-order valence-corrected chi connectivity index (χ4v) is 6.68. The second kappa shape index (κ2) is 46.4. The molecular formula is C43H89NO4. The van der Waals surface area contributed by atoms with E-state index >= 15 is 0 Å². The number of carbonyl (C=O) groups is 1. The number of carboxylic acids is 1.